The minimum atomic E-state index is 0.592. The van der Waals surface area contributed by atoms with Gasteiger partial charge in [0.1, 0.15) is 0 Å². The maximum Gasteiger partial charge on any atom is 0.0379 e. The Kier molecular flexibility index (Phi) is 3.22. The van der Waals surface area contributed by atoms with E-state index >= 15 is 0 Å². The second kappa shape index (κ2) is 5.06. The predicted molar refractivity (Wildman–Crippen MR) is 89.9 cm³/mol. The zero-order chi connectivity index (χ0) is 15.0. The Morgan fingerprint density at radius 3 is 2.57 bits per heavy atom. The summed E-state index contributed by atoms with van der Waals surface area (Å²) in [6.45, 7) is 7.93. The minimum absolute atomic E-state index is 0.592. The highest BCUT2D eigenvalue weighted by Gasteiger charge is 2.06. The number of nitrogens with two attached hydrogens (primary N) is 1. The summed E-state index contributed by atoms with van der Waals surface area (Å²) in [7, 11) is 0. The van der Waals surface area contributed by atoms with Crippen molar-refractivity contribution >= 4 is 16.5 Å². The van der Waals surface area contributed by atoms with Crippen LogP contribution in [-0.4, -0.2) is 4.98 Å². The fraction of sp³-hybridized carbons (Fsp3) is 0.105. The number of pyridine rings is 1. The van der Waals surface area contributed by atoms with E-state index in [1.54, 1.807) is 0 Å². The number of fused-ring (bicyclic) bond motifs is 1. The van der Waals surface area contributed by atoms with Crippen molar-refractivity contribution in [3.05, 3.63) is 72.1 Å². The van der Waals surface area contributed by atoms with Crippen molar-refractivity contribution in [2.75, 3.05) is 0 Å². The molecule has 104 valence electrons. The Hall–Kier alpha value is -2.61. The van der Waals surface area contributed by atoms with Gasteiger partial charge in [0.05, 0.1) is 0 Å². The van der Waals surface area contributed by atoms with Crippen LogP contribution in [0.5, 0.6) is 0 Å². The number of aryl methyl sites for hydroxylation is 2. The van der Waals surface area contributed by atoms with Gasteiger partial charge in [-0.3, -0.25) is 4.98 Å². The van der Waals surface area contributed by atoms with Crippen molar-refractivity contribution < 1.29 is 0 Å². The lowest BCUT2D eigenvalue weighted by molar-refractivity contribution is 1.22. The van der Waals surface area contributed by atoms with E-state index in [0.717, 1.165) is 16.6 Å². The number of hydrogen-bond acceptors (Lipinski definition) is 2. The third-order valence-corrected chi connectivity index (χ3v) is 3.78. The average Bonchev–Trinajstić information content (AvgIpc) is 2.47. The van der Waals surface area contributed by atoms with Gasteiger partial charge in [0, 0.05) is 23.0 Å². The third-order valence-electron chi connectivity index (χ3n) is 3.78. The van der Waals surface area contributed by atoms with Crippen LogP contribution in [0.2, 0.25) is 0 Å². The average molecular weight is 274 g/mol. The van der Waals surface area contributed by atoms with E-state index < -0.39 is 0 Å². The Morgan fingerprint density at radius 1 is 1.00 bits per heavy atom. The predicted octanol–water partition coefficient (Wildman–Crippen LogP) is 4.45. The van der Waals surface area contributed by atoms with Crippen LogP contribution in [0, 0.1) is 13.8 Å². The van der Waals surface area contributed by atoms with Crippen LogP contribution >= 0.6 is 0 Å². The molecule has 0 saturated heterocycles. The van der Waals surface area contributed by atoms with Gasteiger partial charge in [-0.25, -0.2) is 0 Å². The summed E-state index contributed by atoms with van der Waals surface area (Å²) in [6, 6.07) is 14.8. The number of nitrogens with zero attached hydrogens (tertiary/aromatic N) is 1. The normalized spacial score (nSPS) is 10.8. The molecule has 0 amide bonds. The van der Waals surface area contributed by atoms with Crippen LogP contribution in [0.15, 0.2) is 55.2 Å². The van der Waals surface area contributed by atoms with Crippen LogP contribution < -0.4 is 5.73 Å². The first kappa shape index (κ1) is 13.4. The maximum absolute atomic E-state index is 5.81. The Labute approximate surface area is 124 Å². The second-order valence-corrected chi connectivity index (χ2v) is 5.44. The van der Waals surface area contributed by atoms with Crippen LogP contribution in [0.25, 0.3) is 27.6 Å². The first-order valence-corrected chi connectivity index (χ1v) is 6.97. The van der Waals surface area contributed by atoms with Gasteiger partial charge < -0.3 is 5.73 Å². The standard InChI is InChI=1S/C19H18N2/c1-12-4-5-15(14(3)20)10-19(12)17-7-6-16-8-13(2)21-11-18(16)9-17/h4-11H,3,20H2,1-2H3. The third kappa shape index (κ3) is 2.52. The summed E-state index contributed by atoms with van der Waals surface area (Å²) in [6.07, 6.45) is 1.93. The Bertz CT molecular complexity index is 847. The first-order valence-electron chi connectivity index (χ1n) is 6.97. The smallest absolute Gasteiger partial charge is 0.0379 e. The summed E-state index contributed by atoms with van der Waals surface area (Å²) >= 11 is 0. The molecule has 0 saturated carbocycles. The van der Waals surface area contributed by atoms with Crippen molar-refractivity contribution in [2.24, 2.45) is 5.73 Å². The molecule has 0 fully saturated rings. The van der Waals surface area contributed by atoms with Gasteiger partial charge in [-0.15, -0.1) is 0 Å². The molecule has 0 radical (unpaired) electrons. The molecule has 3 aromatic rings. The zero-order valence-corrected chi connectivity index (χ0v) is 12.4. The molecule has 0 bridgehead atoms. The van der Waals surface area contributed by atoms with Crippen molar-refractivity contribution in [1.29, 1.82) is 0 Å². The van der Waals surface area contributed by atoms with E-state index in [4.69, 9.17) is 5.73 Å². The molecule has 2 heteroatoms. The van der Waals surface area contributed by atoms with Gasteiger partial charge in [-0.2, -0.15) is 0 Å². The van der Waals surface area contributed by atoms with E-state index in [1.807, 2.05) is 19.2 Å². The number of rotatable bonds is 2. The molecule has 21 heavy (non-hydrogen) atoms. The Morgan fingerprint density at radius 2 is 1.81 bits per heavy atom. The van der Waals surface area contributed by atoms with E-state index in [0.29, 0.717) is 5.70 Å². The summed E-state index contributed by atoms with van der Waals surface area (Å²) < 4.78 is 0. The van der Waals surface area contributed by atoms with E-state index in [2.05, 4.69) is 54.9 Å². The molecule has 0 aliphatic rings. The van der Waals surface area contributed by atoms with E-state index in [-0.39, 0.29) is 0 Å². The molecular formula is C19H18N2. The van der Waals surface area contributed by atoms with Gasteiger partial charge in [0.25, 0.3) is 0 Å². The maximum atomic E-state index is 5.81. The highest BCUT2D eigenvalue weighted by molar-refractivity contribution is 5.88. The fourth-order valence-electron chi connectivity index (χ4n) is 2.55. The van der Waals surface area contributed by atoms with Gasteiger partial charge >= 0.3 is 0 Å². The number of hydrogen-bond donors (Lipinski definition) is 1. The monoisotopic (exact) mass is 274 g/mol. The first-order chi connectivity index (χ1) is 10.0. The van der Waals surface area contributed by atoms with Crippen LogP contribution in [-0.2, 0) is 0 Å². The van der Waals surface area contributed by atoms with Crippen molar-refractivity contribution in [1.82, 2.24) is 4.98 Å². The molecule has 0 aliphatic heterocycles. The molecule has 2 nitrogen and oxygen atoms in total. The molecule has 2 aromatic carbocycles. The summed E-state index contributed by atoms with van der Waals surface area (Å²) in [5, 5.41) is 2.36. The molecule has 3 rings (SSSR count). The molecule has 0 spiro atoms. The van der Waals surface area contributed by atoms with E-state index in [9.17, 15) is 0 Å². The van der Waals surface area contributed by atoms with Gasteiger partial charge in [0.2, 0.25) is 0 Å². The fourth-order valence-corrected chi connectivity index (χ4v) is 2.55. The highest BCUT2D eigenvalue weighted by atomic mass is 14.6. The lowest BCUT2D eigenvalue weighted by atomic mass is 9.96. The van der Waals surface area contributed by atoms with Gasteiger partial charge in [0.15, 0.2) is 0 Å². The molecule has 0 aliphatic carbocycles. The van der Waals surface area contributed by atoms with Crippen LogP contribution in [0.4, 0.5) is 0 Å². The molecule has 1 heterocycles. The second-order valence-electron chi connectivity index (χ2n) is 5.44. The van der Waals surface area contributed by atoms with Crippen LogP contribution in [0.3, 0.4) is 0 Å². The SMILES string of the molecule is C=C(N)c1ccc(C)c(-c2ccc3cc(C)ncc3c2)c1. The van der Waals surface area contributed by atoms with Crippen molar-refractivity contribution in [2.45, 2.75) is 13.8 Å². The summed E-state index contributed by atoms with van der Waals surface area (Å²) in [4.78, 5) is 4.38. The molecule has 1 aromatic heterocycles. The number of aromatic nitrogens is 1. The quantitative estimate of drug-likeness (QED) is 0.750. The zero-order valence-electron chi connectivity index (χ0n) is 12.4. The van der Waals surface area contributed by atoms with Crippen molar-refractivity contribution in [3.63, 3.8) is 0 Å². The minimum Gasteiger partial charge on any atom is -0.399 e. The van der Waals surface area contributed by atoms with E-state index in [1.165, 1.54) is 22.1 Å². The molecule has 0 unspecified atom stereocenters. The van der Waals surface area contributed by atoms with Crippen LogP contribution in [0.1, 0.15) is 16.8 Å². The lowest BCUT2D eigenvalue weighted by Gasteiger charge is -2.10. The number of benzene rings is 2. The largest absolute Gasteiger partial charge is 0.399 e. The lowest BCUT2D eigenvalue weighted by Crippen LogP contribution is -1.95. The topological polar surface area (TPSA) is 38.9 Å². The molecular weight excluding hydrogens is 256 g/mol. The highest BCUT2D eigenvalue weighted by Crippen LogP contribution is 2.28. The Balaban J connectivity index is 2.18. The summed E-state index contributed by atoms with van der Waals surface area (Å²) in [5.41, 5.74) is 12.0. The van der Waals surface area contributed by atoms with Crippen molar-refractivity contribution in [3.8, 4) is 11.1 Å². The summed E-state index contributed by atoms with van der Waals surface area (Å²) in [5.74, 6) is 0. The molecule has 0 atom stereocenters. The van der Waals surface area contributed by atoms with Gasteiger partial charge in [-0.1, -0.05) is 30.8 Å². The molecule has 2 N–H and O–H groups in total. The van der Waals surface area contributed by atoms with Gasteiger partial charge in [-0.05, 0) is 59.7 Å².